The molecule has 0 aliphatic rings. The first-order valence-electron chi connectivity index (χ1n) is 6.28. The second-order valence-corrected chi connectivity index (χ2v) is 4.46. The van der Waals surface area contributed by atoms with Crippen LogP contribution in [-0.4, -0.2) is 33.9 Å². The number of nitrogens with one attached hydrogen (secondary N) is 1. The van der Waals surface area contributed by atoms with Crippen molar-refractivity contribution in [2.45, 2.75) is 13.8 Å². The highest BCUT2D eigenvalue weighted by molar-refractivity contribution is 5.80. The van der Waals surface area contributed by atoms with E-state index in [1.54, 1.807) is 12.4 Å². The average molecular weight is 258 g/mol. The van der Waals surface area contributed by atoms with Gasteiger partial charge in [-0.05, 0) is 19.1 Å². The van der Waals surface area contributed by atoms with Crippen LogP contribution in [0.15, 0.2) is 24.5 Å². The number of amidine groups is 1. The van der Waals surface area contributed by atoms with Gasteiger partial charge in [0.15, 0.2) is 5.65 Å². The third-order valence-corrected chi connectivity index (χ3v) is 3.05. The summed E-state index contributed by atoms with van der Waals surface area (Å²) in [6.07, 6.45) is 3.28. The van der Waals surface area contributed by atoms with E-state index in [0.29, 0.717) is 12.2 Å². The van der Waals surface area contributed by atoms with Crippen LogP contribution in [0.1, 0.15) is 13.8 Å². The molecular formula is C13H18N6. The Hall–Kier alpha value is -2.24. The van der Waals surface area contributed by atoms with E-state index in [-0.39, 0.29) is 11.8 Å². The summed E-state index contributed by atoms with van der Waals surface area (Å²) in [4.78, 5) is 15.0. The van der Waals surface area contributed by atoms with Crippen LogP contribution >= 0.6 is 0 Å². The number of anilines is 1. The summed E-state index contributed by atoms with van der Waals surface area (Å²) < 4.78 is 0. The van der Waals surface area contributed by atoms with Crippen molar-refractivity contribution in [1.29, 1.82) is 5.41 Å². The molecule has 1 atom stereocenters. The molecule has 0 bridgehead atoms. The highest BCUT2D eigenvalue weighted by atomic mass is 15.2. The Balaban J connectivity index is 2.27. The fourth-order valence-corrected chi connectivity index (χ4v) is 1.83. The number of hydrogen-bond acceptors (Lipinski definition) is 5. The first-order valence-corrected chi connectivity index (χ1v) is 6.28. The third-order valence-electron chi connectivity index (χ3n) is 3.05. The average Bonchev–Trinajstić information content (AvgIpc) is 2.43. The minimum Gasteiger partial charge on any atom is -0.387 e. The predicted molar refractivity (Wildman–Crippen MR) is 76.3 cm³/mol. The van der Waals surface area contributed by atoms with E-state index >= 15 is 0 Å². The van der Waals surface area contributed by atoms with Gasteiger partial charge >= 0.3 is 0 Å². The van der Waals surface area contributed by atoms with Crippen molar-refractivity contribution in [1.82, 2.24) is 15.0 Å². The number of rotatable bonds is 5. The van der Waals surface area contributed by atoms with Crippen molar-refractivity contribution < 1.29 is 0 Å². The summed E-state index contributed by atoms with van der Waals surface area (Å²) in [5, 5.41) is 7.47. The molecule has 3 N–H and O–H groups in total. The Kier molecular flexibility index (Phi) is 3.89. The van der Waals surface area contributed by atoms with E-state index in [4.69, 9.17) is 11.1 Å². The van der Waals surface area contributed by atoms with Gasteiger partial charge in [-0.15, -0.1) is 0 Å². The van der Waals surface area contributed by atoms with Gasteiger partial charge in [-0.1, -0.05) is 6.92 Å². The molecule has 0 saturated heterocycles. The highest BCUT2D eigenvalue weighted by Crippen LogP contribution is 2.16. The van der Waals surface area contributed by atoms with E-state index in [0.717, 1.165) is 17.9 Å². The number of hydrogen-bond donors (Lipinski definition) is 2. The van der Waals surface area contributed by atoms with E-state index in [9.17, 15) is 0 Å². The fraction of sp³-hybridized carbons (Fsp3) is 0.385. The van der Waals surface area contributed by atoms with Gasteiger partial charge in [0.1, 0.15) is 11.3 Å². The Labute approximate surface area is 112 Å². The molecule has 6 heteroatoms. The monoisotopic (exact) mass is 258 g/mol. The van der Waals surface area contributed by atoms with Crippen molar-refractivity contribution >= 4 is 22.8 Å². The van der Waals surface area contributed by atoms with E-state index in [1.165, 1.54) is 0 Å². The molecule has 2 heterocycles. The number of pyridine rings is 1. The normalized spacial score (nSPS) is 12.3. The molecular weight excluding hydrogens is 240 g/mol. The minimum absolute atomic E-state index is 0.000644. The predicted octanol–water partition coefficient (Wildman–Crippen LogP) is 1.42. The maximum atomic E-state index is 7.47. The molecule has 0 spiro atoms. The topological polar surface area (TPSA) is 91.8 Å². The molecule has 0 fully saturated rings. The first-order chi connectivity index (χ1) is 9.11. The Morgan fingerprint density at radius 2 is 2.11 bits per heavy atom. The lowest BCUT2D eigenvalue weighted by Gasteiger charge is -2.25. The zero-order valence-electron chi connectivity index (χ0n) is 11.2. The maximum Gasteiger partial charge on any atom is 0.180 e. The molecule has 1 unspecified atom stereocenters. The zero-order chi connectivity index (χ0) is 13.8. The van der Waals surface area contributed by atoms with Crippen LogP contribution in [0.5, 0.6) is 0 Å². The molecule has 0 radical (unpaired) electrons. The van der Waals surface area contributed by atoms with Gasteiger partial charge in [0.25, 0.3) is 0 Å². The lowest BCUT2D eigenvalue weighted by Crippen LogP contribution is -2.34. The van der Waals surface area contributed by atoms with Crippen molar-refractivity contribution in [2.75, 3.05) is 18.0 Å². The van der Waals surface area contributed by atoms with Crippen molar-refractivity contribution in [3.8, 4) is 0 Å². The molecule has 0 aliphatic heterocycles. The highest BCUT2D eigenvalue weighted by Gasteiger charge is 2.13. The summed E-state index contributed by atoms with van der Waals surface area (Å²) in [6.45, 7) is 5.46. The second kappa shape index (κ2) is 5.60. The largest absolute Gasteiger partial charge is 0.387 e. The smallest absolute Gasteiger partial charge is 0.180 e. The summed E-state index contributed by atoms with van der Waals surface area (Å²) in [7, 11) is 0. The van der Waals surface area contributed by atoms with Gasteiger partial charge in [-0.3, -0.25) is 10.4 Å². The molecule has 2 rings (SSSR count). The number of aromatic nitrogens is 3. The zero-order valence-corrected chi connectivity index (χ0v) is 11.2. The second-order valence-electron chi connectivity index (χ2n) is 4.46. The molecule has 6 nitrogen and oxygen atoms in total. The molecule has 2 aromatic heterocycles. The van der Waals surface area contributed by atoms with Gasteiger partial charge in [0.2, 0.25) is 0 Å². The summed E-state index contributed by atoms with van der Waals surface area (Å²) in [5.41, 5.74) is 6.93. The van der Waals surface area contributed by atoms with Gasteiger partial charge < -0.3 is 10.6 Å². The van der Waals surface area contributed by atoms with E-state index < -0.39 is 0 Å². The number of fused-ring (bicyclic) bond motifs is 1. The van der Waals surface area contributed by atoms with E-state index in [1.807, 2.05) is 19.1 Å². The van der Waals surface area contributed by atoms with Crippen LogP contribution < -0.4 is 10.6 Å². The van der Waals surface area contributed by atoms with Crippen LogP contribution in [0.2, 0.25) is 0 Å². The van der Waals surface area contributed by atoms with Gasteiger partial charge in [0, 0.05) is 31.4 Å². The molecule has 100 valence electrons. The van der Waals surface area contributed by atoms with Crippen LogP contribution in [-0.2, 0) is 0 Å². The summed E-state index contributed by atoms with van der Waals surface area (Å²) >= 11 is 0. The third kappa shape index (κ3) is 2.96. The minimum atomic E-state index is -0.000644. The number of nitrogens with zero attached hydrogens (tertiary/aromatic N) is 4. The fourth-order valence-electron chi connectivity index (χ4n) is 1.83. The SMILES string of the molecule is CCN(CC(C)C(=N)N)c1ccc2nccnc2n1. The Bertz CT molecular complexity index is 582. The van der Waals surface area contributed by atoms with E-state index in [2.05, 4.69) is 26.8 Å². The van der Waals surface area contributed by atoms with Gasteiger partial charge in [0.05, 0.1) is 5.84 Å². The van der Waals surface area contributed by atoms with Crippen molar-refractivity contribution in [3.63, 3.8) is 0 Å². The molecule has 2 aromatic rings. The molecule has 0 amide bonds. The van der Waals surface area contributed by atoms with Gasteiger partial charge in [-0.25, -0.2) is 9.97 Å². The van der Waals surface area contributed by atoms with Crippen LogP contribution in [0.4, 0.5) is 5.82 Å². The van der Waals surface area contributed by atoms with Crippen molar-refractivity contribution in [3.05, 3.63) is 24.5 Å². The van der Waals surface area contributed by atoms with Crippen LogP contribution in [0, 0.1) is 11.3 Å². The lowest BCUT2D eigenvalue weighted by molar-refractivity contribution is 0.691. The molecule has 0 aromatic carbocycles. The van der Waals surface area contributed by atoms with Gasteiger partial charge in [-0.2, -0.15) is 0 Å². The Morgan fingerprint density at radius 3 is 2.79 bits per heavy atom. The van der Waals surface area contributed by atoms with Crippen LogP contribution in [0.25, 0.3) is 11.2 Å². The molecule has 0 saturated carbocycles. The van der Waals surface area contributed by atoms with Crippen LogP contribution in [0.3, 0.4) is 0 Å². The quantitative estimate of drug-likeness (QED) is 0.625. The Morgan fingerprint density at radius 1 is 1.37 bits per heavy atom. The molecule has 0 aliphatic carbocycles. The standard InChI is InChI=1S/C13H18N6/c1-3-19(8-9(2)12(14)15)11-5-4-10-13(18-11)17-7-6-16-10/h4-7,9H,3,8H2,1-2H3,(H3,14,15). The van der Waals surface area contributed by atoms with Crippen molar-refractivity contribution in [2.24, 2.45) is 11.7 Å². The maximum absolute atomic E-state index is 7.47. The summed E-state index contributed by atoms with van der Waals surface area (Å²) in [5.74, 6) is 1.03. The summed E-state index contributed by atoms with van der Waals surface area (Å²) in [6, 6.07) is 3.83. The lowest BCUT2D eigenvalue weighted by atomic mass is 10.1. The number of nitrogens with two attached hydrogens (primary N) is 1. The first kappa shape index (κ1) is 13.2. The molecule has 19 heavy (non-hydrogen) atoms.